The van der Waals surface area contributed by atoms with Crippen LogP contribution in [0, 0.1) is 11.6 Å². The Morgan fingerprint density at radius 1 is 1.33 bits per heavy atom. The van der Waals surface area contributed by atoms with Gasteiger partial charge in [0.15, 0.2) is 0 Å². The number of rotatable bonds is 8. The van der Waals surface area contributed by atoms with Gasteiger partial charge in [0.05, 0.1) is 12.4 Å². The van der Waals surface area contributed by atoms with Crippen molar-refractivity contribution >= 4 is 6.03 Å². The van der Waals surface area contributed by atoms with Gasteiger partial charge < -0.3 is 15.2 Å². The van der Waals surface area contributed by atoms with Crippen LogP contribution in [0.25, 0.3) is 0 Å². The minimum atomic E-state index is -0.563. The zero-order valence-corrected chi connectivity index (χ0v) is 13.6. The molecular weight excluding hydrogens is 314 g/mol. The summed E-state index contributed by atoms with van der Waals surface area (Å²) in [5.74, 6) is -1.05. The Hall–Kier alpha value is -2.44. The summed E-state index contributed by atoms with van der Waals surface area (Å²) in [6, 6.07) is 2.31. The van der Waals surface area contributed by atoms with Crippen molar-refractivity contribution in [3.63, 3.8) is 0 Å². The summed E-state index contributed by atoms with van der Waals surface area (Å²) in [4.78, 5) is 15.9. The first-order chi connectivity index (χ1) is 11.6. The van der Waals surface area contributed by atoms with Crippen molar-refractivity contribution in [2.45, 2.75) is 38.8 Å². The van der Waals surface area contributed by atoms with Crippen LogP contribution in [-0.4, -0.2) is 22.1 Å². The monoisotopic (exact) mass is 336 g/mol. The second-order valence-corrected chi connectivity index (χ2v) is 5.53. The van der Waals surface area contributed by atoms with Crippen LogP contribution in [0.2, 0.25) is 0 Å². The average molecular weight is 336 g/mol. The average Bonchev–Trinajstić information content (AvgIpc) is 3.08. The van der Waals surface area contributed by atoms with Gasteiger partial charge >= 0.3 is 6.03 Å². The van der Waals surface area contributed by atoms with Crippen molar-refractivity contribution in [2.75, 3.05) is 6.54 Å². The third-order valence-corrected chi connectivity index (χ3v) is 3.73. The maximum Gasteiger partial charge on any atom is 0.315 e. The SMILES string of the molecule is CC[C@@H](NC(=O)NCCCCn1ccnc1)c1cc(F)ccc1F. The van der Waals surface area contributed by atoms with Gasteiger partial charge in [-0.2, -0.15) is 0 Å². The van der Waals surface area contributed by atoms with Gasteiger partial charge in [-0.15, -0.1) is 0 Å². The van der Waals surface area contributed by atoms with E-state index in [1.54, 1.807) is 19.4 Å². The number of hydrogen-bond acceptors (Lipinski definition) is 2. The number of carbonyl (C=O) groups is 1. The van der Waals surface area contributed by atoms with Gasteiger partial charge in [0.25, 0.3) is 0 Å². The van der Waals surface area contributed by atoms with E-state index in [0.29, 0.717) is 13.0 Å². The molecule has 0 spiro atoms. The molecule has 1 heterocycles. The number of benzene rings is 1. The highest BCUT2D eigenvalue weighted by Gasteiger charge is 2.17. The molecule has 0 saturated carbocycles. The quantitative estimate of drug-likeness (QED) is 0.726. The van der Waals surface area contributed by atoms with Gasteiger partial charge in [0, 0.05) is 31.0 Å². The van der Waals surface area contributed by atoms with Crippen LogP contribution >= 0.6 is 0 Å². The largest absolute Gasteiger partial charge is 0.338 e. The Bertz CT molecular complexity index is 646. The fraction of sp³-hybridized carbons (Fsp3) is 0.412. The highest BCUT2D eigenvalue weighted by atomic mass is 19.1. The first kappa shape index (κ1) is 17.9. The van der Waals surface area contributed by atoms with Crippen molar-refractivity contribution in [1.82, 2.24) is 20.2 Å². The second-order valence-electron chi connectivity index (χ2n) is 5.53. The molecule has 2 amide bonds. The molecule has 0 fully saturated rings. The number of nitrogens with zero attached hydrogens (tertiary/aromatic N) is 2. The molecule has 2 N–H and O–H groups in total. The number of hydrogen-bond donors (Lipinski definition) is 2. The second kappa shape index (κ2) is 9.00. The minimum Gasteiger partial charge on any atom is -0.338 e. The van der Waals surface area contributed by atoms with E-state index in [9.17, 15) is 13.6 Å². The molecule has 1 aromatic carbocycles. The summed E-state index contributed by atoms with van der Waals surface area (Å²) < 4.78 is 29.1. The number of aryl methyl sites for hydroxylation is 1. The third kappa shape index (κ3) is 5.33. The van der Waals surface area contributed by atoms with Crippen molar-refractivity contribution in [2.24, 2.45) is 0 Å². The zero-order valence-electron chi connectivity index (χ0n) is 13.6. The molecule has 7 heteroatoms. The third-order valence-electron chi connectivity index (χ3n) is 3.73. The van der Waals surface area contributed by atoms with Gasteiger partial charge in [-0.1, -0.05) is 6.92 Å². The lowest BCUT2D eigenvalue weighted by Gasteiger charge is -2.18. The number of halogens is 2. The molecule has 2 rings (SSSR count). The lowest BCUT2D eigenvalue weighted by atomic mass is 10.0. The molecule has 1 atom stereocenters. The summed E-state index contributed by atoms with van der Waals surface area (Å²) in [5.41, 5.74) is 0.160. The van der Waals surface area contributed by atoms with Crippen LogP contribution in [0.3, 0.4) is 0 Å². The summed E-state index contributed by atoms with van der Waals surface area (Å²) in [7, 11) is 0. The molecule has 0 unspecified atom stereocenters. The fourth-order valence-corrected chi connectivity index (χ4v) is 2.43. The van der Waals surface area contributed by atoms with E-state index < -0.39 is 17.7 Å². The molecule has 0 radical (unpaired) electrons. The lowest BCUT2D eigenvalue weighted by Crippen LogP contribution is -2.38. The number of nitrogens with one attached hydrogen (secondary N) is 2. The Morgan fingerprint density at radius 3 is 2.88 bits per heavy atom. The lowest BCUT2D eigenvalue weighted by molar-refractivity contribution is 0.236. The highest BCUT2D eigenvalue weighted by molar-refractivity contribution is 5.74. The van der Waals surface area contributed by atoms with E-state index >= 15 is 0 Å². The van der Waals surface area contributed by atoms with Crippen molar-refractivity contribution in [3.8, 4) is 0 Å². The van der Waals surface area contributed by atoms with Gasteiger partial charge in [-0.3, -0.25) is 0 Å². The predicted molar refractivity (Wildman–Crippen MR) is 87.4 cm³/mol. The molecule has 130 valence electrons. The molecule has 0 aliphatic heterocycles. The topological polar surface area (TPSA) is 59.0 Å². The molecular formula is C17H22F2N4O. The van der Waals surface area contributed by atoms with E-state index in [1.807, 2.05) is 10.8 Å². The highest BCUT2D eigenvalue weighted by Crippen LogP contribution is 2.21. The van der Waals surface area contributed by atoms with E-state index in [-0.39, 0.29) is 11.6 Å². The molecule has 2 aromatic rings. The van der Waals surface area contributed by atoms with E-state index in [1.165, 1.54) is 0 Å². The number of amides is 2. The van der Waals surface area contributed by atoms with E-state index in [0.717, 1.165) is 37.6 Å². The first-order valence-corrected chi connectivity index (χ1v) is 8.05. The van der Waals surface area contributed by atoms with Crippen LogP contribution in [0.15, 0.2) is 36.9 Å². The van der Waals surface area contributed by atoms with Gasteiger partial charge in [-0.05, 0) is 37.5 Å². The Kier molecular flexibility index (Phi) is 6.72. The maximum absolute atomic E-state index is 13.8. The van der Waals surface area contributed by atoms with Gasteiger partial charge in [-0.25, -0.2) is 18.6 Å². The number of imidazole rings is 1. The van der Waals surface area contributed by atoms with Crippen molar-refractivity contribution in [3.05, 3.63) is 54.1 Å². The Labute approximate surface area is 140 Å². The summed E-state index contributed by atoms with van der Waals surface area (Å²) >= 11 is 0. The van der Waals surface area contributed by atoms with E-state index in [4.69, 9.17) is 0 Å². The standard InChI is InChI=1S/C17H22F2N4O/c1-2-16(14-11-13(18)5-6-15(14)19)22-17(24)21-7-3-4-9-23-10-8-20-12-23/h5-6,8,10-12,16H,2-4,7,9H2,1H3,(H2,21,22,24)/t16-/m1/s1. The number of carbonyl (C=O) groups excluding carboxylic acids is 1. The Morgan fingerprint density at radius 2 is 2.17 bits per heavy atom. The Balaban J connectivity index is 1.74. The summed E-state index contributed by atoms with van der Waals surface area (Å²) in [5, 5.41) is 5.42. The molecule has 1 aromatic heterocycles. The number of urea groups is 1. The summed E-state index contributed by atoms with van der Waals surface area (Å²) in [6.07, 6.45) is 7.55. The zero-order chi connectivity index (χ0) is 17.4. The number of unbranched alkanes of at least 4 members (excludes halogenated alkanes) is 1. The van der Waals surface area contributed by atoms with Crippen molar-refractivity contribution in [1.29, 1.82) is 0 Å². The predicted octanol–water partition coefficient (Wildman–Crippen LogP) is 3.39. The fourth-order valence-electron chi connectivity index (χ4n) is 2.43. The van der Waals surface area contributed by atoms with Crippen molar-refractivity contribution < 1.29 is 13.6 Å². The molecule has 0 aliphatic rings. The van der Waals surface area contributed by atoms with Crippen LogP contribution in [0.1, 0.15) is 37.8 Å². The normalized spacial score (nSPS) is 12.0. The van der Waals surface area contributed by atoms with E-state index in [2.05, 4.69) is 15.6 Å². The number of aromatic nitrogens is 2. The minimum absolute atomic E-state index is 0.160. The smallest absolute Gasteiger partial charge is 0.315 e. The maximum atomic E-state index is 13.8. The van der Waals surface area contributed by atoms with Gasteiger partial charge in [0.2, 0.25) is 0 Å². The van der Waals surface area contributed by atoms with Crippen LogP contribution < -0.4 is 10.6 Å². The van der Waals surface area contributed by atoms with Crippen LogP contribution in [0.5, 0.6) is 0 Å². The van der Waals surface area contributed by atoms with Crippen LogP contribution in [-0.2, 0) is 6.54 Å². The van der Waals surface area contributed by atoms with Crippen LogP contribution in [0.4, 0.5) is 13.6 Å². The molecule has 0 saturated heterocycles. The summed E-state index contributed by atoms with van der Waals surface area (Å²) in [6.45, 7) is 3.17. The molecule has 5 nitrogen and oxygen atoms in total. The molecule has 24 heavy (non-hydrogen) atoms. The molecule has 0 bridgehead atoms. The molecule has 0 aliphatic carbocycles. The van der Waals surface area contributed by atoms with Gasteiger partial charge in [0.1, 0.15) is 11.6 Å². The first-order valence-electron chi connectivity index (χ1n) is 8.05.